The number of pyridine rings is 1. The monoisotopic (exact) mass is 694 g/mol. The van der Waals surface area contributed by atoms with Crippen LogP contribution in [0, 0.1) is 5.92 Å². The predicted octanol–water partition coefficient (Wildman–Crippen LogP) is 5.15. The van der Waals surface area contributed by atoms with Crippen LogP contribution in [-0.4, -0.2) is 86.0 Å². The molecule has 51 heavy (non-hydrogen) atoms. The molecule has 1 aromatic heterocycles. The second kappa shape index (κ2) is 15.4. The number of hydrogen-bond acceptors (Lipinski definition) is 9. The number of carbonyl (C=O) groups is 3. The predicted molar refractivity (Wildman–Crippen MR) is 191 cm³/mol. The summed E-state index contributed by atoms with van der Waals surface area (Å²) in [5, 5.41) is 6.53. The van der Waals surface area contributed by atoms with E-state index in [1.165, 1.54) is 4.90 Å². The zero-order valence-corrected chi connectivity index (χ0v) is 28.9. The van der Waals surface area contributed by atoms with Crippen LogP contribution in [0.2, 0.25) is 0 Å². The highest BCUT2D eigenvalue weighted by atomic mass is 16.5. The zero-order valence-electron chi connectivity index (χ0n) is 28.9. The number of para-hydroxylation sites is 2. The lowest BCUT2D eigenvalue weighted by atomic mass is 10.1. The van der Waals surface area contributed by atoms with Gasteiger partial charge in [0.2, 0.25) is 5.91 Å². The highest BCUT2D eigenvalue weighted by Crippen LogP contribution is 2.46. The van der Waals surface area contributed by atoms with E-state index in [2.05, 4.69) is 17.2 Å². The minimum absolute atomic E-state index is 0.106. The summed E-state index contributed by atoms with van der Waals surface area (Å²) in [6.07, 6.45) is 1.61. The van der Waals surface area contributed by atoms with Crippen molar-refractivity contribution in [3.63, 3.8) is 0 Å². The van der Waals surface area contributed by atoms with E-state index < -0.39 is 35.6 Å². The number of benzene rings is 3. The molecule has 1 aliphatic heterocycles. The van der Waals surface area contributed by atoms with E-state index in [4.69, 9.17) is 28.7 Å². The van der Waals surface area contributed by atoms with E-state index in [1.54, 1.807) is 39.4 Å². The maximum atomic E-state index is 14.0. The van der Waals surface area contributed by atoms with Crippen molar-refractivity contribution in [1.82, 2.24) is 20.5 Å². The van der Waals surface area contributed by atoms with Crippen LogP contribution in [0.15, 0.2) is 91.5 Å². The first-order valence-corrected chi connectivity index (χ1v) is 16.9. The molecule has 12 nitrogen and oxygen atoms in total. The van der Waals surface area contributed by atoms with Gasteiger partial charge in [-0.15, -0.1) is 6.58 Å². The fraction of sp³-hybridized carbons (Fsp3) is 0.333. The Bertz CT molecular complexity index is 1900. The van der Waals surface area contributed by atoms with E-state index in [9.17, 15) is 14.4 Å². The van der Waals surface area contributed by atoms with Crippen LogP contribution in [0.25, 0.3) is 22.2 Å². The van der Waals surface area contributed by atoms with Crippen molar-refractivity contribution in [2.75, 3.05) is 40.5 Å². The van der Waals surface area contributed by atoms with Gasteiger partial charge in [-0.25, -0.2) is 14.6 Å². The maximum absolute atomic E-state index is 14.0. The largest absolute Gasteiger partial charge is 0.497 e. The maximum Gasteiger partial charge on any atom is 0.332 e. The van der Waals surface area contributed by atoms with Crippen molar-refractivity contribution < 1.29 is 38.1 Å². The standard InChI is InChI=1S/C39H42N4O8/c1-5-26-23-39(26,37(45)49-6-2)42-36(44)32-21-28(24-43(32)38(46)40-18-19-50-34-15-11-10-14-33(34)48-4)51-35-22-30(25-12-8-7-9-13-25)41-31-20-27(47-3)16-17-29(31)35/h5,7-17,20,22,26,28,32H,1,6,18-19,21,23-24H2,2-4H3,(H,40,46)(H,42,44)/t26?,28-,32+,39-/m1/s1. The molecular formula is C39H42N4O8. The minimum atomic E-state index is -1.22. The summed E-state index contributed by atoms with van der Waals surface area (Å²) in [6, 6.07) is 23.0. The summed E-state index contributed by atoms with van der Waals surface area (Å²) in [4.78, 5) is 47.0. The highest BCUT2D eigenvalue weighted by molar-refractivity contribution is 5.95. The SMILES string of the molecule is C=CC1C[C@]1(NC(=O)[C@@H]1C[C@@H](Oc2cc(-c3ccccc3)nc3cc(OC)ccc23)CN1C(=O)NCCOc1ccccc1OC)C(=O)OCC. The first kappa shape index (κ1) is 35.1. The van der Waals surface area contributed by atoms with E-state index in [-0.39, 0.29) is 38.6 Å². The lowest BCUT2D eigenvalue weighted by molar-refractivity contribution is -0.149. The second-order valence-corrected chi connectivity index (χ2v) is 12.4. The van der Waals surface area contributed by atoms with Crippen LogP contribution in [0.5, 0.6) is 23.0 Å². The first-order valence-electron chi connectivity index (χ1n) is 16.9. The Balaban J connectivity index is 1.24. The Kier molecular flexibility index (Phi) is 10.6. The number of fused-ring (bicyclic) bond motifs is 1. The van der Waals surface area contributed by atoms with Crippen molar-refractivity contribution in [3.8, 4) is 34.3 Å². The molecular weight excluding hydrogens is 652 g/mol. The number of likely N-dealkylation sites (tertiary alicyclic amines) is 1. The van der Waals surface area contributed by atoms with Crippen molar-refractivity contribution in [2.24, 2.45) is 5.92 Å². The van der Waals surface area contributed by atoms with Gasteiger partial charge in [-0.2, -0.15) is 0 Å². The second-order valence-electron chi connectivity index (χ2n) is 12.4. The Labute approximate surface area is 296 Å². The molecule has 1 saturated heterocycles. The van der Waals surface area contributed by atoms with Crippen molar-refractivity contribution >= 4 is 28.8 Å². The average Bonchev–Trinajstić information content (AvgIpc) is 3.72. The molecule has 2 fully saturated rings. The molecule has 4 atom stereocenters. The fourth-order valence-electron chi connectivity index (χ4n) is 6.42. The molecule has 1 saturated carbocycles. The van der Waals surface area contributed by atoms with E-state index >= 15 is 0 Å². The Morgan fingerprint density at radius 3 is 2.45 bits per heavy atom. The third kappa shape index (κ3) is 7.54. The van der Waals surface area contributed by atoms with Gasteiger partial charge in [0, 0.05) is 35.4 Å². The van der Waals surface area contributed by atoms with Crippen molar-refractivity contribution in [3.05, 3.63) is 91.5 Å². The van der Waals surface area contributed by atoms with Crippen LogP contribution in [0.4, 0.5) is 4.79 Å². The van der Waals surface area contributed by atoms with Gasteiger partial charge < -0.3 is 39.2 Å². The molecule has 1 aliphatic carbocycles. The summed E-state index contributed by atoms with van der Waals surface area (Å²) in [6.45, 7) is 6.13. The normalized spacial score (nSPS) is 20.6. The first-order chi connectivity index (χ1) is 24.8. The van der Waals surface area contributed by atoms with E-state index in [0.29, 0.717) is 40.6 Å². The Hall–Kier alpha value is -5.78. The van der Waals surface area contributed by atoms with Crippen molar-refractivity contribution in [1.29, 1.82) is 0 Å². The molecule has 2 aliphatic rings. The van der Waals surface area contributed by atoms with Crippen LogP contribution in [0.3, 0.4) is 0 Å². The molecule has 0 radical (unpaired) electrons. The third-order valence-electron chi connectivity index (χ3n) is 9.16. The molecule has 266 valence electrons. The number of ether oxygens (including phenoxy) is 5. The van der Waals surface area contributed by atoms with Gasteiger partial charge in [0.05, 0.1) is 45.1 Å². The number of aromatic nitrogens is 1. The quantitative estimate of drug-likeness (QED) is 0.104. The topological polar surface area (TPSA) is 138 Å². The molecule has 0 bridgehead atoms. The number of urea groups is 1. The summed E-state index contributed by atoms with van der Waals surface area (Å²) in [5.74, 6) is 1.04. The van der Waals surface area contributed by atoms with Gasteiger partial charge >= 0.3 is 12.0 Å². The molecule has 0 spiro atoms. The lowest BCUT2D eigenvalue weighted by Gasteiger charge is -2.26. The number of esters is 1. The lowest BCUT2D eigenvalue weighted by Crippen LogP contribution is -2.55. The van der Waals surface area contributed by atoms with Crippen molar-refractivity contribution in [2.45, 2.75) is 37.5 Å². The molecule has 4 aromatic rings. The number of hydrogen-bond donors (Lipinski definition) is 2. The fourth-order valence-corrected chi connectivity index (χ4v) is 6.42. The van der Waals surface area contributed by atoms with Gasteiger partial charge in [-0.05, 0) is 37.6 Å². The molecule has 3 amide bonds. The third-order valence-corrected chi connectivity index (χ3v) is 9.16. The molecule has 6 rings (SSSR count). The number of methoxy groups -OCH3 is 2. The molecule has 12 heteroatoms. The average molecular weight is 695 g/mol. The molecule has 2 N–H and O–H groups in total. The number of nitrogens with zero attached hydrogens (tertiary/aromatic N) is 2. The van der Waals surface area contributed by atoms with Gasteiger partial charge in [-0.1, -0.05) is 48.5 Å². The van der Waals surface area contributed by atoms with Gasteiger partial charge in [0.25, 0.3) is 0 Å². The van der Waals surface area contributed by atoms with Crippen LogP contribution in [0.1, 0.15) is 19.8 Å². The number of amides is 3. The smallest absolute Gasteiger partial charge is 0.332 e. The Morgan fingerprint density at radius 1 is 0.980 bits per heavy atom. The van der Waals surface area contributed by atoms with Crippen LogP contribution < -0.4 is 29.6 Å². The summed E-state index contributed by atoms with van der Waals surface area (Å²) >= 11 is 0. The minimum Gasteiger partial charge on any atom is -0.497 e. The zero-order chi connectivity index (χ0) is 36.0. The molecule has 3 aromatic carbocycles. The summed E-state index contributed by atoms with van der Waals surface area (Å²) in [7, 11) is 3.15. The summed E-state index contributed by atoms with van der Waals surface area (Å²) in [5.41, 5.74) is 1.05. The van der Waals surface area contributed by atoms with Gasteiger partial charge in [0.1, 0.15) is 35.8 Å². The van der Waals surface area contributed by atoms with Crippen LogP contribution in [-0.2, 0) is 14.3 Å². The number of nitrogens with one attached hydrogen (secondary N) is 2. The van der Waals surface area contributed by atoms with Crippen LogP contribution >= 0.6 is 0 Å². The Morgan fingerprint density at radius 2 is 1.75 bits per heavy atom. The summed E-state index contributed by atoms with van der Waals surface area (Å²) < 4.78 is 28.6. The van der Waals surface area contributed by atoms with Gasteiger partial charge in [-0.3, -0.25) is 4.79 Å². The molecule has 2 heterocycles. The van der Waals surface area contributed by atoms with E-state index in [0.717, 1.165) is 10.9 Å². The van der Waals surface area contributed by atoms with E-state index in [1.807, 2.05) is 66.7 Å². The molecule has 1 unspecified atom stereocenters. The highest BCUT2D eigenvalue weighted by Gasteiger charge is 2.62. The number of carbonyl (C=O) groups excluding carboxylic acids is 3. The number of rotatable bonds is 14. The van der Waals surface area contributed by atoms with Gasteiger partial charge in [0.15, 0.2) is 11.5 Å².